The van der Waals surface area contributed by atoms with E-state index in [4.69, 9.17) is 5.11 Å². The van der Waals surface area contributed by atoms with Gasteiger partial charge >= 0.3 is 11.9 Å². The van der Waals surface area contributed by atoms with Crippen LogP contribution < -0.4 is 5.32 Å². The van der Waals surface area contributed by atoms with Gasteiger partial charge in [0, 0.05) is 5.56 Å². The van der Waals surface area contributed by atoms with Crippen LogP contribution in [0.2, 0.25) is 0 Å². The van der Waals surface area contributed by atoms with Crippen LogP contribution in [-0.4, -0.2) is 23.0 Å². The van der Waals surface area contributed by atoms with Gasteiger partial charge in [-0.1, -0.05) is 50.1 Å². The average Bonchev–Trinajstić information content (AvgIpc) is 2.43. The van der Waals surface area contributed by atoms with Crippen LogP contribution in [0, 0.1) is 0 Å². The van der Waals surface area contributed by atoms with Crippen LogP contribution in [0.15, 0.2) is 30.3 Å². The van der Waals surface area contributed by atoms with Crippen molar-refractivity contribution in [3.8, 4) is 0 Å². The van der Waals surface area contributed by atoms with Gasteiger partial charge in [0.1, 0.15) is 6.04 Å². The molecule has 0 unspecified atom stereocenters. The highest BCUT2D eigenvalue weighted by atomic mass is 19.3. The van der Waals surface area contributed by atoms with Crippen LogP contribution in [0.1, 0.15) is 31.7 Å². The molecule has 0 bridgehead atoms. The molecule has 6 heteroatoms. The summed E-state index contributed by atoms with van der Waals surface area (Å²) in [5.41, 5.74) is -0.461. The van der Waals surface area contributed by atoms with Gasteiger partial charge in [-0.15, -0.1) is 0 Å². The number of rotatable bonds is 7. The molecule has 20 heavy (non-hydrogen) atoms. The smallest absolute Gasteiger partial charge is 0.349 e. The number of carboxylic acid groups (broad SMARTS) is 1. The average molecular weight is 285 g/mol. The minimum Gasteiger partial charge on any atom is -0.480 e. The summed E-state index contributed by atoms with van der Waals surface area (Å²) < 4.78 is 27.8. The van der Waals surface area contributed by atoms with E-state index in [1.54, 1.807) is 6.07 Å². The van der Waals surface area contributed by atoms with Crippen molar-refractivity contribution in [2.75, 3.05) is 0 Å². The minimum absolute atomic E-state index is 0.127. The molecular weight excluding hydrogens is 268 g/mol. The van der Waals surface area contributed by atoms with Crippen LogP contribution >= 0.6 is 0 Å². The second-order valence-corrected chi connectivity index (χ2v) is 4.45. The Morgan fingerprint density at radius 1 is 1.30 bits per heavy atom. The number of carbonyl (C=O) groups excluding carboxylic acids is 1. The molecule has 0 aliphatic rings. The minimum atomic E-state index is -3.75. The van der Waals surface area contributed by atoms with Gasteiger partial charge in [0.25, 0.3) is 5.91 Å². The predicted octanol–water partition coefficient (Wildman–Crippen LogP) is 2.54. The number of amides is 1. The Bertz CT molecular complexity index is 463. The van der Waals surface area contributed by atoms with Crippen LogP contribution in [0.5, 0.6) is 0 Å². The molecule has 0 saturated carbocycles. The van der Waals surface area contributed by atoms with Gasteiger partial charge in [-0.3, -0.25) is 4.79 Å². The maximum absolute atomic E-state index is 13.9. The summed E-state index contributed by atoms with van der Waals surface area (Å²) in [5.74, 6) is -6.65. The first-order valence-corrected chi connectivity index (χ1v) is 6.36. The molecule has 2 N–H and O–H groups in total. The molecule has 0 radical (unpaired) electrons. The van der Waals surface area contributed by atoms with Crippen molar-refractivity contribution < 1.29 is 23.5 Å². The van der Waals surface area contributed by atoms with Gasteiger partial charge in [-0.05, 0) is 6.42 Å². The van der Waals surface area contributed by atoms with Gasteiger partial charge in [0.05, 0.1) is 0 Å². The summed E-state index contributed by atoms with van der Waals surface area (Å²) in [6.45, 7) is 1.85. The SMILES string of the molecule is CCCC[C@H](NC(=O)C(F)(F)c1ccccc1)C(=O)O. The Hall–Kier alpha value is -1.98. The zero-order chi connectivity index (χ0) is 15.2. The normalized spacial score (nSPS) is 12.8. The van der Waals surface area contributed by atoms with Crippen molar-refractivity contribution in [2.45, 2.75) is 38.2 Å². The summed E-state index contributed by atoms with van der Waals surface area (Å²) in [6, 6.07) is 5.30. The Balaban J connectivity index is 2.80. The first-order chi connectivity index (χ1) is 9.39. The summed E-state index contributed by atoms with van der Waals surface area (Å²) in [4.78, 5) is 22.6. The standard InChI is InChI=1S/C14H17F2NO3/c1-2-3-9-11(12(18)19)17-13(20)14(15,16)10-7-5-4-6-8-10/h4-8,11H,2-3,9H2,1H3,(H,17,20)(H,18,19)/t11-/m0/s1. The molecule has 1 aromatic rings. The summed E-state index contributed by atoms with van der Waals surface area (Å²) in [6.07, 6.45) is 1.38. The van der Waals surface area contributed by atoms with E-state index >= 15 is 0 Å². The Kier molecular flexibility index (Phi) is 5.61. The number of alkyl halides is 2. The molecule has 1 amide bonds. The van der Waals surface area contributed by atoms with Gasteiger partial charge in [0.15, 0.2) is 0 Å². The number of aliphatic carboxylic acids is 1. The molecule has 1 rings (SSSR count). The lowest BCUT2D eigenvalue weighted by Crippen LogP contribution is -2.47. The fraction of sp³-hybridized carbons (Fsp3) is 0.429. The maximum atomic E-state index is 13.9. The van der Waals surface area contributed by atoms with Crippen molar-refractivity contribution in [1.29, 1.82) is 0 Å². The molecule has 1 atom stereocenters. The first kappa shape index (κ1) is 16.1. The molecule has 0 heterocycles. The molecule has 110 valence electrons. The van der Waals surface area contributed by atoms with Gasteiger partial charge < -0.3 is 10.4 Å². The molecule has 0 aliphatic heterocycles. The number of hydrogen-bond donors (Lipinski definition) is 2. The number of carbonyl (C=O) groups is 2. The van der Waals surface area contributed by atoms with Crippen LogP contribution in [0.4, 0.5) is 8.78 Å². The monoisotopic (exact) mass is 285 g/mol. The molecule has 0 saturated heterocycles. The Morgan fingerprint density at radius 3 is 2.40 bits per heavy atom. The van der Waals surface area contributed by atoms with Gasteiger partial charge in [-0.25, -0.2) is 4.79 Å². The van der Waals surface area contributed by atoms with E-state index in [1.807, 2.05) is 12.2 Å². The lowest BCUT2D eigenvalue weighted by molar-refractivity contribution is -0.152. The van der Waals surface area contributed by atoms with Crippen molar-refractivity contribution in [3.63, 3.8) is 0 Å². The van der Waals surface area contributed by atoms with Gasteiger partial charge in [0.2, 0.25) is 0 Å². The third-order valence-electron chi connectivity index (χ3n) is 2.87. The van der Waals surface area contributed by atoms with E-state index in [9.17, 15) is 18.4 Å². The summed E-state index contributed by atoms with van der Waals surface area (Å²) >= 11 is 0. The summed E-state index contributed by atoms with van der Waals surface area (Å²) in [5, 5.41) is 10.8. The van der Waals surface area contributed by atoms with E-state index < -0.39 is 29.4 Å². The molecule has 0 aromatic heterocycles. The Labute approximate surface area is 115 Å². The quantitative estimate of drug-likeness (QED) is 0.809. The van der Waals surface area contributed by atoms with Crippen molar-refractivity contribution in [2.24, 2.45) is 0 Å². The number of benzene rings is 1. The van der Waals surface area contributed by atoms with Crippen molar-refractivity contribution in [3.05, 3.63) is 35.9 Å². The van der Waals surface area contributed by atoms with E-state index in [1.165, 1.54) is 12.1 Å². The molecule has 1 aromatic carbocycles. The number of hydrogen-bond acceptors (Lipinski definition) is 2. The highest BCUT2D eigenvalue weighted by Crippen LogP contribution is 2.28. The van der Waals surface area contributed by atoms with E-state index in [0.29, 0.717) is 12.8 Å². The molecule has 0 fully saturated rings. The second-order valence-electron chi connectivity index (χ2n) is 4.45. The van der Waals surface area contributed by atoms with Crippen LogP contribution in [-0.2, 0) is 15.5 Å². The zero-order valence-corrected chi connectivity index (χ0v) is 11.1. The number of halogens is 2. The lowest BCUT2D eigenvalue weighted by atomic mass is 10.1. The predicted molar refractivity (Wildman–Crippen MR) is 69.4 cm³/mol. The largest absolute Gasteiger partial charge is 0.480 e. The number of carboxylic acids is 1. The van der Waals surface area contributed by atoms with Crippen molar-refractivity contribution in [1.82, 2.24) is 5.32 Å². The highest BCUT2D eigenvalue weighted by Gasteiger charge is 2.42. The Morgan fingerprint density at radius 2 is 1.90 bits per heavy atom. The zero-order valence-electron chi connectivity index (χ0n) is 11.1. The number of nitrogens with one attached hydrogen (secondary N) is 1. The molecule has 0 aliphatic carbocycles. The molecule has 0 spiro atoms. The topological polar surface area (TPSA) is 66.4 Å². The van der Waals surface area contributed by atoms with E-state index in [0.717, 1.165) is 12.1 Å². The van der Waals surface area contributed by atoms with Crippen LogP contribution in [0.3, 0.4) is 0 Å². The maximum Gasteiger partial charge on any atom is 0.349 e. The van der Waals surface area contributed by atoms with Crippen molar-refractivity contribution >= 4 is 11.9 Å². The van der Waals surface area contributed by atoms with Gasteiger partial charge in [-0.2, -0.15) is 8.78 Å². The van der Waals surface area contributed by atoms with E-state index in [-0.39, 0.29) is 6.42 Å². The fourth-order valence-corrected chi connectivity index (χ4v) is 1.69. The molecule has 4 nitrogen and oxygen atoms in total. The first-order valence-electron chi connectivity index (χ1n) is 6.36. The highest BCUT2D eigenvalue weighted by molar-refractivity contribution is 5.88. The third kappa shape index (κ3) is 4.01. The third-order valence-corrected chi connectivity index (χ3v) is 2.87. The second kappa shape index (κ2) is 6.98. The van der Waals surface area contributed by atoms with Crippen LogP contribution in [0.25, 0.3) is 0 Å². The number of unbranched alkanes of at least 4 members (excludes halogenated alkanes) is 1. The summed E-state index contributed by atoms with van der Waals surface area (Å²) in [7, 11) is 0. The molecular formula is C14H17F2NO3. The lowest BCUT2D eigenvalue weighted by Gasteiger charge is -2.20. The van der Waals surface area contributed by atoms with E-state index in [2.05, 4.69) is 0 Å². The fourth-order valence-electron chi connectivity index (χ4n) is 1.69.